The van der Waals surface area contributed by atoms with Crippen molar-refractivity contribution in [2.75, 3.05) is 13.1 Å². The lowest BCUT2D eigenvalue weighted by Gasteiger charge is -2.01. The molecule has 1 aliphatic rings. The monoisotopic (exact) mass is 230 g/mol. The van der Waals surface area contributed by atoms with Crippen LogP contribution in [0.15, 0.2) is 24.3 Å². The fourth-order valence-corrected chi connectivity index (χ4v) is 2.08. The number of aromatic amines is 1. The third kappa shape index (κ3) is 2.01. The highest BCUT2D eigenvalue weighted by molar-refractivity contribution is 5.55. The van der Waals surface area contributed by atoms with Crippen molar-refractivity contribution in [1.82, 2.24) is 20.5 Å². The van der Waals surface area contributed by atoms with Crippen LogP contribution in [0.5, 0.6) is 5.75 Å². The Hall–Kier alpha value is -1.88. The van der Waals surface area contributed by atoms with E-state index >= 15 is 0 Å². The van der Waals surface area contributed by atoms with Gasteiger partial charge in [0.2, 0.25) is 0 Å². The summed E-state index contributed by atoms with van der Waals surface area (Å²) in [5.74, 6) is 2.32. The molecule has 1 fully saturated rings. The zero-order chi connectivity index (χ0) is 11.7. The Morgan fingerprint density at radius 1 is 1.24 bits per heavy atom. The van der Waals surface area contributed by atoms with Crippen LogP contribution in [0.25, 0.3) is 11.4 Å². The Bertz CT molecular complexity index is 499. The third-order valence-corrected chi connectivity index (χ3v) is 3.08. The van der Waals surface area contributed by atoms with E-state index in [-0.39, 0.29) is 5.75 Å². The summed E-state index contributed by atoms with van der Waals surface area (Å²) in [5.41, 5.74) is 0.913. The normalized spacial score (nSPS) is 19.6. The predicted molar refractivity (Wildman–Crippen MR) is 63.7 cm³/mol. The summed E-state index contributed by atoms with van der Waals surface area (Å²) >= 11 is 0. The van der Waals surface area contributed by atoms with Crippen LogP contribution in [0.2, 0.25) is 0 Å². The van der Waals surface area contributed by atoms with Gasteiger partial charge >= 0.3 is 0 Å². The second-order valence-electron chi connectivity index (χ2n) is 4.28. The zero-order valence-corrected chi connectivity index (χ0v) is 9.35. The minimum absolute atomic E-state index is 0.254. The highest BCUT2D eigenvalue weighted by atomic mass is 16.3. The number of nitrogens with zero attached hydrogens (tertiary/aromatic N) is 2. The first kappa shape index (κ1) is 10.3. The molecule has 17 heavy (non-hydrogen) atoms. The molecule has 1 aliphatic heterocycles. The molecule has 5 heteroatoms. The van der Waals surface area contributed by atoms with Gasteiger partial charge in [-0.25, -0.2) is 4.98 Å². The molecular weight excluding hydrogens is 216 g/mol. The maximum absolute atomic E-state index is 9.22. The molecule has 0 amide bonds. The quantitative estimate of drug-likeness (QED) is 0.726. The first-order valence-electron chi connectivity index (χ1n) is 5.75. The molecule has 0 spiro atoms. The van der Waals surface area contributed by atoms with Crippen molar-refractivity contribution in [3.05, 3.63) is 30.1 Å². The van der Waals surface area contributed by atoms with Crippen molar-refractivity contribution in [3.8, 4) is 17.1 Å². The molecule has 1 aromatic heterocycles. The molecule has 88 valence electrons. The lowest BCUT2D eigenvalue weighted by Crippen LogP contribution is -2.08. The van der Waals surface area contributed by atoms with E-state index in [2.05, 4.69) is 20.5 Å². The largest absolute Gasteiger partial charge is 0.508 e. The summed E-state index contributed by atoms with van der Waals surface area (Å²) < 4.78 is 0. The van der Waals surface area contributed by atoms with Gasteiger partial charge in [0.15, 0.2) is 5.82 Å². The Kier molecular flexibility index (Phi) is 2.53. The standard InChI is InChI=1S/C12H14N4O/c17-10-3-1-8(2-4-10)11-14-12(16-15-11)9-5-6-13-7-9/h1-4,9,13,17H,5-7H2,(H,14,15,16). The van der Waals surface area contributed by atoms with E-state index in [1.165, 1.54) is 0 Å². The average molecular weight is 230 g/mol. The average Bonchev–Trinajstić information content (AvgIpc) is 3.00. The molecule has 0 aliphatic carbocycles. The summed E-state index contributed by atoms with van der Waals surface area (Å²) in [6.45, 7) is 2.00. The Balaban J connectivity index is 1.86. The van der Waals surface area contributed by atoms with E-state index in [0.29, 0.717) is 11.7 Å². The topological polar surface area (TPSA) is 73.8 Å². The highest BCUT2D eigenvalue weighted by Gasteiger charge is 2.20. The number of aromatic hydroxyl groups is 1. The van der Waals surface area contributed by atoms with Gasteiger partial charge in [0.05, 0.1) is 0 Å². The molecule has 2 aromatic rings. The van der Waals surface area contributed by atoms with Crippen LogP contribution in [0.1, 0.15) is 18.2 Å². The van der Waals surface area contributed by atoms with E-state index in [1.807, 2.05) is 12.1 Å². The van der Waals surface area contributed by atoms with Gasteiger partial charge in [0.25, 0.3) is 0 Å². The molecule has 3 rings (SSSR count). The van der Waals surface area contributed by atoms with Crippen LogP contribution >= 0.6 is 0 Å². The fraction of sp³-hybridized carbons (Fsp3) is 0.333. The lowest BCUT2D eigenvalue weighted by molar-refractivity contribution is 0.475. The van der Waals surface area contributed by atoms with Gasteiger partial charge in [-0.15, -0.1) is 0 Å². The van der Waals surface area contributed by atoms with Crippen LogP contribution in [0, 0.1) is 0 Å². The van der Waals surface area contributed by atoms with Crippen LogP contribution in [-0.4, -0.2) is 33.4 Å². The van der Waals surface area contributed by atoms with E-state index in [4.69, 9.17) is 0 Å². The number of rotatable bonds is 2. The Morgan fingerprint density at radius 2 is 2.06 bits per heavy atom. The number of nitrogens with one attached hydrogen (secondary N) is 2. The second-order valence-corrected chi connectivity index (χ2v) is 4.28. The predicted octanol–water partition coefficient (Wildman–Crippen LogP) is 1.25. The lowest BCUT2D eigenvalue weighted by atomic mass is 10.1. The van der Waals surface area contributed by atoms with Crippen molar-refractivity contribution in [3.63, 3.8) is 0 Å². The van der Waals surface area contributed by atoms with Crippen molar-refractivity contribution in [2.45, 2.75) is 12.3 Å². The molecular formula is C12H14N4O. The summed E-state index contributed by atoms with van der Waals surface area (Å²) in [4.78, 5) is 4.50. The molecule has 1 unspecified atom stereocenters. The summed E-state index contributed by atoms with van der Waals surface area (Å²) in [6.07, 6.45) is 1.10. The first-order valence-corrected chi connectivity index (χ1v) is 5.75. The zero-order valence-electron chi connectivity index (χ0n) is 9.35. The van der Waals surface area contributed by atoms with Gasteiger partial charge in [-0.2, -0.15) is 5.10 Å². The number of phenolic OH excluding ortho intramolecular Hbond substituents is 1. The van der Waals surface area contributed by atoms with Gasteiger partial charge < -0.3 is 10.4 Å². The first-order chi connectivity index (χ1) is 8.33. The van der Waals surface area contributed by atoms with Gasteiger partial charge in [-0.1, -0.05) is 0 Å². The van der Waals surface area contributed by atoms with Crippen molar-refractivity contribution in [2.24, 2.45) is 0 Å². The van der Waals surface area contributed by atoms with Gasteiger partial charge in [-0.3, -0.25) is 5.10 Å². The van der Waals surface area contributed by atoms with Crippen molar-refractivity contribution in [1.29, 1.82) is 0 Å². The smallest absolute Gasteiger partial charge is 0.181 e. The van der Waals surface area contributed by atoms with Crippen LogP contribution in [-0.2, 0) is 0 Å². The molecule has 3 N–H and O–H groups in total. The summed E-state index contributed by atoms with van der Waals surface area (Å²) in [6, 6.07) is 6.91. The number of hydrogen-bond donors (Lipinski definition) is 3. The molecule has 2 heterocycles. The Morgan fingerprint density at radius 3 is 2.76 bits per heavy atom. The van der Waals surface area contributed by atoms with Crippen molar-refractivity contribution < 1.29 is 5.11 Å². The van der Waals surface area contributed by atoms with Crippen LogP contribution < -0.4 is 5.32 Å². The van der Waals surface area contributed by atoms with Crippen molar-refractivity contribution >= 4 is 0 Å². The molecule has 1 saturated heterocycles. The highest BCUT2D eigenvalue weighted by Crippen LogP contribution is 2.22. The minimum atomic E-state index is 0.254. The van der Waals surface area contributed by atoms with Gasteiger partial charge in [0, 0.05) is 18.0 Å². The molecule has 0 saturated carbocycles. The SMILES string of the molecule is Oc1ccc(-c2n[nH]c(C3CCNC3)n2)cc1. The number of benzene rings is 1. The fourth-order valence-electron chi connectivity index (χ4n) is 2.08. The maximum atomic E-state index is 9.22. The van der Waals surface area contributed by atoms with E-state index in [9.17, 15) is 5.11 Å². The van der Waals surface area contributed by atoms with Gasteiger partial charge in [0.1, 0.15) is 11.6 Å². The van der Waals surface area contributed by atoms with Crippen LogP contribution in [0.3, 0.4) is 0 Å². The van der Waals surface area contributed by atoms with Gasteiger partial charge in [-0.05, 0) is 37.2 Å². The van der Waals surface area contributed by atoms with E-state index in [1.54, 1.807) is 12.1 Å². The number of aromatic nitrogens is 3. The number of H-pyrrole nitrogens is 1. The summed E-state index contributed by atoms with van der Waals surface area (Å²) in [5, 5.41) is 19.7. The molecule has 5 nitrogen and oxygen atoms in total. The second kappa shape index (κ2) is 4.18. The Labute approximate surface area is 98.9 Å². The maximum Gasteiger partial charge on any atom is 0.181 e. The van der Waals surface area contributed by atoms with E-state index < -0.39 is 0 Å². The third-order valence-electron chi connectivity index (χ3n) is 3.08. The molecule has 1 atom stereocenters. The van der Waals surface area contributed by atoms with E-state index in [0.717, 1.165) is 30.9 Å². The number of phenols is 1. The minimum Gasteiger partial charge on any atom is -0.508 e. The molecule has 0 bridgehead atoms. The number of hydrogen-bond acceptors (Lipinski definition) is 4. The summed E-state index contributed by atoms with van der Waals surface area (Å²) in [7, 11) is 0. The molecule has 0 radical (unpaired) electrons. The molecule has 1 aromatic carbocycles. The van der Waals surface area contributed by atoms with Crippen LogP contribution in [0.4, 0.5) is 0 Å².